The van der Waals surface area contributed by atoms with Crippen molar-refractivity contribution < 1.29 is 5.11 Å². The standard InChI is InChI=1S/C17H23N3O/c1-13-3-4-14-11-15(5-6-16(14)19-13)17(12-21)20-9-2-7-18-8-10-20/h3-6,11,17-18,21H,2,7-10,12H2,1H3. The Morgan fingerprint density at radius 2 is 2.14 bits per heavy atom. The molecule has 2 aromatic rings. The Kier molecular flexibility index (Phi) is 4.48. The number of hydrogen-bond acceptors (Lipinski definition) is 4. The average molecular weight is 285 g/mol. The zero-order valence-corrected chi connectivity index (χ0v) is 12.5. The molecule has 3 rings (SSSR count). The molecular weight excluding hydrogens is 262 g/mol. The van der Waals surface area contributed by atoms with Crippen molar-refractivity contribution in [1.82, 2.24) is 15.2 Å². The Morgan fingerprint density at radius 1 is 1.24 bits per heavy atom. The van der Waals surface area contributed by atoms with Crippen LogP contribution in [0.25, 0.3) is 10.9 Å². The van der Waals surface area contributed by atoms with Gasteiger partial charge in [0.2, 0.25) is 0 Å². The second kappa shape index (κ2) is 6.52. The number of fused-ring (bicyclic) bond motifs is 1. The van der Waals surface area contributed by atoms with Gasteiger partial charge in [-0.15, -0.1) is 0 Å². The van der Waals surface area contributed by atoms with E-state index in [1.807, 2.05) is 13.0 Å². The summed E-state index contributed by atoms with van der Waals surface area (Å²) in [5.74, 6) is 0. The van der Waals surface area contributed by atoms with Crippen molar-refractivity contribution in [2.45, 2.75) is 19.4 Å². The van der Waals surface area contributed by atoms with E-state index >= 15 is 0 Å². The van der Waals surface area contributed by atoms with Gasteiger partial charge in [0.15, 0.2) is 0 Å². The molecule has 1 saturated heterocycles. The molecule has 1 unspecified atom stereocenters. The molecule has 0 aliphatic carbocycles. The SMILES string of the molecule is Cc1ccc2cc(C(CO)N3CCCNCC3)ccc2n1. The third kappa shape index (κ3) is 3.23. The minimum absolute atomic E-state index is 0.0793. The van der Waals surface area contributed by atoms with Gasteiger partial charge in [-0.05, 0) is 43.7 Å². The maximum atomic E-state index is 9.86. The first-order valence-corrected chi connectivity index (χ1v) is 7.71. The lowest BCUT2D eigenvalue weighted by atomic mass is 10.0. The predicted molar refractivity (Wildman–Crippen MR) is 85.4 cm³/mol. The molecule has 112 valence electrons. The highest BCUT2D eigenvalue weighted by Crippen LogP contribution is 2.24. The third-order valence-electron chi connectivity index (χ3n) is 4.23. The van der Waals surface area contributed by atoms with Crippen molar-refractivity contribution in [3.8, 4) is 0 Å². The molecular formula is C17H23N3O. The van der Waals surface area contributed by atoms with Crippen LogP contribution in [0, 0.1) is 6.92 Å². The number of nitrogens with one attached hydrogen (secondary N) is 1. The molecule has 1 aliphatic heterocycles. The summed E-state index contributed by atoms with van der Waals surface area (Å²) in [4.78, 5) is 6.92. The van der Waals surface area contributed by atoms with Gasteiger partial charge in [0.05, 0.1) is 18.2 Å². The van der Waals surface area contributed by atoms with E-state index in [-0.39, 0.29) is 12.6 Å². The Balaban J connectivity index is 1.90. The van der Waals surface area contributed by atoms with Crippen LogP contribution in [0.2, 0.25) is 0 Å². The molecule has 1 fully saturated rings. The molecule has 0 radical (unpaired) electrons. The van der Waals surface area contributed by atoms with Gasteiger partial charge in [-0.25, -0.2) is 0 Å². The summed E-state index contributed by atoms with van der Waals surface area (Å²) in [6, 6.07) is 10.6. The number of benzene rings is 1. The monoisotopic (exact) mass is 285 g/mol. The highest BCUT2D eigenvalue weighted by atomic mass is 16.3. The normalized spacial score (nSPS) is 18.6. The van der Waals surface area contributed by atoms with E-state index < -0.39 is 0 Å². The number of pyridine rings is 1. The summed E-state index contributed by atoms with van der Waals surface area (Å²) in [6.07, 6.45) is 1.13. The van der Waals surface area contributed by atoms with Gasteiger partial charge in [-0.3, -0.25) is 9.88 Å². The maximum Gasteiger partial charge on any atom is 0.0705 e. The molecule has 2 N–H and O–H groups in total. The van der Waals surface area contributed by atoms with Crippen LogP contribution in [-0.2, 0) is 0 Å². The van der Waals surface area contributed by atoms with Crippen molar-refractivity contribution in [2.24, 2.45) is 0 Å². The molecule has 2 heterocycles. The molecule has 0 spiro atoms. The van der Waals surface area contributed by atoms with Crippen LogP contribution < -0.4 is 5.32 Å². The molecule has 4 heteroatoms. The minimum atomic E-state index is 0.0793. The van der Waals surface area contributed by atoms with Gasteiger partial charge in [-0.1, -0.05) is 12.1 Å². The molecule has 1 aliphatic rings. The van der Waals surface area contributed by atoms with E-state index in [9.17, 15) is 5.11 Å². The molecule has 0 saturated carbocycles. The van der Waals surface area contributed by atoms with Crippen molar-refractivity contribution in [2.75, 3.05) is 32.8 Å². The highest BCUT2D eigenvalue weighted by molar-refractivity contribution is 5.79. The van der Waals surface area contributed by atoms with E-state index in [2.05, 4.69) is 39.5 Å². The van der Waals surface area contributed by atoms with Crippen molar-refractivity contribution in [3.63, 3.8) is 0 Å². The van der Waals surface area contributed by atoms with Crippen molar-refractivity contribution >= 4 is 10.9 Å². The van der Waals surface area contributed by atoms with Gasteiger partial charge < -0.3 is 10.4 Å². The fraction of sp³-hybridized carbons (Fsp3) is 0.471. The molecule has 0 amide bonds. The number of aromatic nitrogens is 1. The predicted octanol–water partition coefficient (Wildman–Crippen LogP) is 1.87. The molecule has 1 atom stereocenters. The summed E-state index contributed by atoms with van der Waals surface area (Å²) in [7, 11) is 0. The Morgan fingerprint density at radius 3 is 3.00 bits per heavy atom. The Bertz CT molecular complexity index is 606. The second-order valence-corrected chi connectivity index (χ2v) is 5.74. The fourth-order valence-electron chi connectivity index (χ4n) is 3.06. The van der Waals surface area contributed by atoms with Crippen LogP contribution in [0.3, 0.4) is 0 Å². The lowest BCUT2D eigenvalue weighted by Gasteiger charge is -2.29. The van der Waals surface area contributed by atoms with Crippen molar-refractivity contribution in [3.05, 3.63) is 41.6 Å². The Hall–Kier alpha value is -1.49. The molecule has 4 nitrogen and oxygen atoms in total. The number of aryl methyl sites for hydroxylation is 1. The first kappa shape index (κ1) is 14.4. The molecule has 1 aromatic heterocycles. The third-order valence-corrected chi connectivity index (χ3v) is 4.23. The topological polar surface area (TPSA) is 48.4 Å². The van der Waals surface area contributed by atoms with Crippen LogP contribution in [0.4, 0.5) is 0 Å². The van der Waals surface area contributed by atoms with Crippen molar-refractivity contribution in [1.29, 1.82) is 0 Å². The summed E-state index contributed by atoms with van der Waals surface area (Å²) in [6.45, 7) is 6.23. The number of aliphatic hydroxyl groups is 1. The Labute approximate surface area is 125 Å². The smallest absolute Gasteiger partial charge is 0.0705 e. The zero-order chi connectivity index (χ0) is 14.7. The molecule has 0 bridgehead atoms. The average Bonchev–Trinajstić information content (AvgIpc) is 2.77. The summed E-state index contributed by atoms with van der Waals surface area (Å²) >= 11 is 0. The number of rotatable bonds is 3. The fourth-order valence-corrected chi connectivity index (χ4v) is 3.06. The van der Waals surface area contributed by atoms with Crippen LogP contribution >= 0.6 is 0 Å². The summed E-state index contributed by atoms with van der Waals surface area (Å²) in [5.41, 5.74) is 3.23. The first-order chi connectivity index (χ1) is 10.3. The lowest BCUT2D eigenvalue weighted by Crippen LogP contribution is -2.34. The van der Waals surface area contributed by atoms with Gasteiger partial charge >= 0.3 is 0 Å². The summed E-state index contributed by atoms with van der Waals surface area (Å²) < 4.78 is 0. The highest BCUT2D eigenvalue weighted by Gasteiger charge is 2.20. The number of hydrogen-bond donors (Lipinski definition) is 2. The van der Waals surface area contributed by atoms with E-state index in [4.69, 9.17) is 0 Å². The number of nitrogens with zero attached hydrogens (tertiary/aromatic N) is 2. The quantitative estimate of drug-likeness (QED) is 0.904. The van der Waals surface area contributed by atoms with Gasteiger partial charge in [0.25, 0.3) is 0 Å². The number of aliphatic hydroxyl groups excluding tert-OH is 1. The second-order valence-electron chi connectivity index (χ2n) is 5.74. The van der Waals surface area contributed by atoms with E-state index in [0.717, 1.165) is 49.2 Å². The largest absolute Gasteiger partial charge is 0.394 e. The van der Waals surface area contributed by atoms with E-state index in [0.29, 0.717) is 0 Å². The van der Waals surface area contributed by atoms with Crippen LogP contribution in [0.5, 0.6) is 0 Å². The maximum absolute atomic E-state index is 9.86. The van der Waals surface area contributed by atoms with Crippen LogP contribution in [0.1, 0.15) is 23.7 Å². The molecule has 1 aromatic carbocycles. The first-order valence-electron chi connectivity index (χ1n) is 7.71. The van der Waals surface area contributed by atoms with Gasteiger partial charge in [0.1, 0.15) is 0 Å². The van der Waals surface area contributed by atoms with Crippen LogP contribution in [-0.4, -0.2) is 47.8 Å². The van der Waals surface area contributed by atoms with E-state index in [1.54, 1.807) is 0 Å². The van der Waals surface area contributed by atoms with E-state index in [1.165, 1.54) is 5.56 Å². The van der Waals surface area contributed by atoms with Gasteiger partial charge in [0, 0.05) is 30.7 Å². The van der Waals surface area contributed by atoms with Crippen LogP contribution in [0.15, 0.2) is 30.3 Å². The lowest BCUT2D eigenvalue weighted by molar-refractivity contribution is 0.130. The molecule has 21 heavy (non-hydrogen) atoms. The van der Waals surface area contributed by atoms with Gasteiger partial charge in [-0.2, -0.15) is 0 Å². The summed E-state index contributed by atoms with van der Waals surface area (Å²) in [5, 5.41) is 14.4. The zero-order valence-electron chi connectivity index (χ0n) is 12.5. The minimum Gasteiger partial charge on any atom is -0.394 e.